The van der Waals surface area contributed by atoms with Crippen LogP contribution >= 0.6 is 0 Å². The zero-order valence-electron chi connectivity index (χ0n) is 19.5. The molecule has 1 fully saturated rings. The molecule has 6 rings (SSSR count). The van der Waals surface area contributed by atoms with Gasteiger partial charge in [-0.1, -0.05) is 72.8 Å². The maximum atomic E-state index is 13.9. The largest absolute Gasteiger partial charge is 0.340 e. The molecule has 1 saturated heterocycles. The van der Waals surface area contributed by atoms with Crippen molar-refractivity contribution in [3.63, 3.8) is 0 Å². The topological polar surface area (TPSA) is 71.4 Å². The van der Waals surface area contributed by atoms with Crippen LogP contribution in [0, 0.1) is 0 Å². The van der Waals surface area contributed by atoms with E-state index >= 15 is 0 Å². The monoisotopic (exact) mass is 463 g/mol. The van der Waals surface area contributed by atoms with E-state index in [1.807, 2.05) is 85.8 Å². The maximum absolute atomic E-state index is 13.9. The van der Waals surface area contributed by atoms with Gasteiger partial charge in [0.2, 0.25) is 0 Å². The van der Waals surface area contributed by atoms with Crippen molar-refractivity contribution in [2.24, 2.45) is 0 Å². The Morgan fingerprint density at radius 3 is 2.46 bits per heavy atom. The Balaban J connectivity index is 1.42. The van der Waals surface area contributed by atoms with E-state index in [0.29, 0.717) is 24.9 Å². The van der Waals surface area contributed by atoms with Gasteiger partial charge in [-0.15, -0.1) is 0 Å². The average Bonchev–Trinajstić information content (AvgIpc) is 3.51. The van der Waals surface area contributed by atoms with Gasteiger partial charge in [-0.05, 0) is 42.5 Å². The maximum Gasteiger partial charge on any atom is 0.325 e. The van der Waals surface area contributed by atoms with E-state index in [1.54, 1.807) is 0 Å². The number of aromatic nitrogens is 1. The van der Waals surface area contributed by atoms with Crippen LogP contribution in [0.25, 0.3) is 22.2 Å². The summed E-state index contributed by atoms with van der Waals surface area (Å²) >= 11 is 0. The minimum absolute atomic E-state index is 0.251. The fourth-order valence-electron chi connectivity index (χ4n) is 5.77. The summed E-state index contributed by atoms with van der Waals surface area (Å²) in [5, 5.41) is 3.75. The van der Waals surface area contributed by atoms with Gasteiger partial charge < -0.3 is 9.88 Å². The van der Waals surface area contributed by atoms with Crippen LogP contribution in [0.15, 0.2) is 78.9 Å². The average molecular weight is 464 g/mol. The van der Waals surface area contributed by atoms with Crippen molar-refractivity contribution in [2.75, 3.05) is 6.54 Å². The predicted molar refractivity (Wildman–Crippen MR) is 134 cm³/mol. The van der Waals surface area contributed by atoms with E-state index in [2.05, 4.69) is 9.88 Å². The van der Waals surface area contributed by atoms with Gasteiger partial charge in [0.05, 0.1) is 17.8 Å². The molecule has 0 radical (unpaired) electrons. The number of nitrogens with zero attached hydrogens (tertiary/aromatic N) is 2. The second-order valence-electron chi connectivity index (χ2n) is 9.16. The van der Waals surface area contributed by atoms with Crippen LogP contribution < -0.4 is 5.32 Å². The summed E-state index contributed by atoms with van der Waals surface area (Å²) in [7, 11) is 0. The number of carbonyl (C=O) groups is 3. The lowest BCUT2D eigenvalue weighted by molar-refractivity contribution is -0.131. The molecule has 4 aromatic rings. The second kappa shape index (κ2) is 7.94. The number of nitrogens with one attached hydrogen (secondary N) is 1. The Kier molecular flexibility index (Phi) is 4.85. The molecule has 35 heavy (non-hydrogen) atoms. The van der Waals surface area contributed by atoms with E-state index in [4.69, 9.17) is 0 Å². The highest BCUT2D eigenvalue weighted by atomic mass is 16.2. The smallest absolute Gasteiger partial charge is 0.325 e. The van der Waals surface area contributed by atoms with E-state index in [1.165, 1.54) is 0 Å². The summed E-state index contributed by atoms with van der Waals surface area (Å²) in [6.45, 7) is 2.43. The number of rotatable bonds is 5. The van der Waals surface area contributed by atoms with Crippen molar-refractivity contribution in [2.45, 2.75) is 31.8 Å². The third-order valence-corrected chi connectivity index (χ3v) is 7.34. The van der Waals surface area contributed by atoms with Crippen molar-refractivity contribution in [3.8, 4) is 11.3 Å². The fraction of sp³-hybridized carbons (Fsp3) is 0.207. The zero-order chi connectivity index (χ0) is 24.2. The van der Waals surface area contributed by atoms with E-state index in [0.717, 1.165) is 38.2 Å². The zero-order valence-corrected chi connectivity index (χ0v) is 19.5. The van der Waals surface area contributed by atoms with E-state index < -0.39 is 11.6 Å². The lowest BCUT2D eigenvalue weighted by atomic mass is 9.91. The van der Waals surface area contributed by atoms with Crippen molar-refractivity contribution < 1.29 is 14.4 Å². The predicted octanol–water partition coefficient (Wildman–Crippen LogP) is 4.90. The number of aryl methyl sites for hydroxylation is 2. The van der Waals surface area contributed by atoms with Gasteiger partial charge in [0, 0.05) is 17.4 Å². The number of para-hydroxylation sites is 1. The first-order chi connectivity index (χ1) is 17.0. The number of ketones is 1. The molecule has 0 bridgehead atoms. The first kappa shape index (κ1) is 21.4. The molecule has 174 valence electrons. The van der Waals surface area contributed by atoms with Gasteiger partial charge in [-0.3, -0.25) is 14.5 Å². The molecule has 1 unspecified atom stereocenters. The van der Waals surface area contributed by atoms with Crippen LogP contribution in [0.4, 0.5) is 4.79 Å². The standard InChI is InChI=1S/C29H25N3O3/c1-2-31-23-15-9-7-13-21(23)25(26(31)20-11-4-3-5-12-20)24(33)18-32-27(34)29(30-28(32)35)17-16-19-10-6-8-14-22(19)29/h3-15H,2,16-18H2,1H3,(H,30,35). The van der Waals surface area contributed by atoms with E-state index in [9.17, 15) is 14.4 Å². The summed E-state index contributed by atoms with van der Waals surface area (Å²) in [5.41, 5.74) is 4.05. The summed E-state index contributed by atoms with van der Waals surface area (Å²) in [6.07, 6.45) is 1.22. The highest BCUT2D eigenvalue weighted by molar-refractivity contribution is 6.18. The Bertz CT molecular complexity index is 1500. The summed E-state index contributed by atoms with van der Waals surface area (Å²) < 4.78 is 2.12. The van der Waals surface area contributed by atoms with Crippen molar-refractivity contribution >= 4 is 28.6 Å². The van der Waals surface area contributed by atoms with Crippen LogP contribution in [-0.4, -0.2) is 33.7 Å². The molecule has 1 atom stereocenters. The highest BCUT2D eigenvalue weighted by Crippen LogP contribution is 2.41. The van der Waals surface area contributed by atoms with Gasteiger partial charge in [-0.25, -0.2) is 4.79 Å². The Hall–Kier alpha value is -4.19. The first-order valence-corrected chi connectivity index (χ1v) is 12.0. The molecular formula is C29H25N3O3. The molecule has 3 aromatic carbocycles. The Morgan fingerprint density at radius 2 is 1.66 bits per heavy atom. The van der Waals surface area contributed by atoms with Crippen LogP contribution in [0.1, 0.15) is 34.8 Å². The number of hydrogen-bond acceptors (Lipinski definition) is 3. The number of hydrogen-bond donors (Lipinski definition) is 1. The van der Waals surface area contributed by atoms with Crippen molar-refractivity contribution in [3.05, 3.63) is 95.6 Å². The third-order valence-electron chi connectivity index (χ3n) is 7.34. The van der Waals surface area contributed by atoms with Crippen molar-refractivity contribution in [1.82, 2.24) is 14.8 Å². The Morgan fingerprint density at radius 1 is 0.943 bits per heavy atom. The molecular weight excluding hydrogens is 438 g/mol. The highest BCUT2D eigenvalue weighted by Gasteiger charge is 2.55. The Labute approximate surface area is 203 Å². The quantitative estimate of drug-likeness (QED) is 0.338. The van der Waals surface area contributed by atoms with Crippen LogP contribution in [0.5, 0.6) is 0 Å². The summed E-state index contributed by atoms with van der Waals surface area (Å²) in [5.74, 6) is -0.597. The lowest BCUT2D eigenvalue weighted by Gasteiger charge is -2.22. The van der Waals surface area contributed by atoms with Crippen LogP contribution in [0.3, 0.4) is 0 Å². The van der Waals surface area contributed by atoms with Gasteiger partial charge in [-0.2, -0.15) is 0 Å². The summed E-state index contributed by atoms with van der Waals surface area (Å²) in [4.78, 5) is 41.7. The molecule has 1 aromatic heterocycles. The van der Waals surface area contributed by atoms with Gasteiger partial charge in [0.1, 0.15) is 5.54 Å². The molecule has 1 N–H and O–H groups in total. The number of benzene rings is 3. The fourth-order valence-corrected chi connectivity index (χ4v) is 5.77. The van der Waals surface area contributed by atoms with Gasteiger partial charge in [0.25, 0.3) is 5.91 Å². The number of Topliss-reactive ketones (excluding diaryl/α,β-unsaturated/α-hetero) is 1. The minimum Gasteiger partial charge on any atom is -0.340 e. The molecule has 6 heteroatoms. The minimum atomic E-state index is -1.08. The molecule has 1 spiro atoms. The van der Waals surface area contributed by atoms with Crippen LogP contribution in [-0.2, 0) is 23.3 Å². The number of amides is 3. The number of fused-ring (bicyclic) bond motifs is 3. The first-order valence-electron chi connectivity index (χ1n) is 12.0. The SMILES string of the molecule is CCn1c(-c2ccccc2)c(C(=O)CN2C(=O)NC3(CCc4ccccc43)C2=O)c2ccccc21. The molecule has 3 amide bonds. The van der Waals surface area contributed by atoms with Crippen molar-refractivity contribution in [1.29, 1.82) is 0 Å². The van der Waals surface area contributed by atoms with Gasteiger partial charge in [0.15, 0.2) is 5.78 Å². The molecule has 6 nitrogen and oxygen atoms in total. The third kappa shape index (κ3) is 3.06. The molecule has 0 saturated carbocycles. The van der Waals surface area contributed by atoms with Gasteiger partial charge >= 0.3 is 6.03 Å². The molecule has 1 aliphatic heterocycles. The van der Waals surface area contributed by atoms with Crippen LogP contribution in [0.2, 0.25) is 0 Å². The number of carbonyl (C=O) groups excluding carboxylic acids is 3. The number of imide groups is 1. The number of urea groups is 1. The normalized spacial score (nSPS) is 18.9. The van der Waals surface area contributed by atoms with E-state index in [-0.39, 0.29) is 18.2 Å². The second-order valence-corrected chi connectivity index (χ2v) is 9.16. The molecule has 2 heterocycles. The molecule has 2 aliphatic rings. The summed E-state index contributed by atoms with van der Waals surface area (Å²) in [6, 6.07) is 24.8. The lowest BCUT2D eigenvalue weighted by Crippen LogP contribution is -2.42. The molecule has 1 aliphatic carbocycles.